The van der Waals surface area contributed by atoms with E-state index in [0.717, 1.165) is 6.42 Å². The van der Waals surface area contributed by atoms with Crippen LogP contribution in [-0.4, -0.2) is 43.3 Å². The van der Waals surface area contributed by atoms with Gasteiger partial charge in [0.1, 0.15) is 11.9 Å². The van der Waals surface area contributed by atoms with Crippen LogP contribution in [0.4, 0.5) is 0 Å². The van der Waals surface area contributed by atoms with Crippen molar-refractivity contribution in [3.8, 4) is 0 Å². The average Bonchev–Trinajstić information content (AvgIpc) is 3.22. The van der Waals surface area contributed by atoms with Crippen LogP contribution in [0.15, 0.2) is 0 Å². The van der Waals surface area contributed by atoms with Crippen molar-refractivity contribution < 1.29 is 22.2 Å². The molecule has 3 fully saturated rings. The van der Waals surface area contributed by atoms with Gasteiger partial charge >= 0.3 is 0 Å². The third-order valence-corrected chi connectivity index (χ3v) is 9.57. The van der Waals surface area contributed by atoms with Crippen LogP contribution in [0.2, 0.25) is 0 Å². The predicted molar refractivity (Wildman–Crippen MR) is 109 cm³/mol. The summed E-state index contributed by atoms with van der Waals surface area (Å²) < 4.78 is 30.0. The van der Waals surface area contributed by atoms with E-state index in [1.165, 1.54) is 24.3 Å². The first-order valence-corrected chi connectivity index (χ1v) is 12.4. The van der Waals surface area contributed by atoms with Gasteiger partial charge in [-0.2, -0.15) is 20.2 Å². The van der Waals surface area contributed by atoms with Crippen LogP contribution in [0.1, 0.15) is 67.2 Å². The molecule has 27 heavy (non-hydrogen) atoms. The van der Waals surface area contributed by atoms with Crippen molar-refractivity contribution in [2.24, 2.45) is 22.2 Å². The summed E-state index contributed by atoms with van der Waals surface area (Å²) in [7, 11) is -4.07. The van der Waals surface area contributed by atoms with E-state index in [1.807, 2.05) is 20.8 Å². The van der Waals surface area contributed by atoms with E-state index in [4.69, 9.17) is 4.18 Å². The highest BCUT2D eigenvalue weighted by atomic mass is 32.2. The number of thioether (sulfide) groups is 1. The Labute approximate surface area is 168 Å². The fraction of sp³-hybridized carbons (Fsp3) is 0.900. The molecule has 1 heterocycles. The van der Waals surface area contributed by atoms with Crippen LogP contribution in [0, 0.1) is 22.2 Å². The van der Waals surface area contributed by atoms with Crippen molar-refractivity contribution in [1.29, 1.82) is 0 Å². The largest absolute Gasteiger partial charge is 0.297 e. The van der Waals surface area contributed by atoms with Gasteiger partial charge in [-0.3, -0.25) is 13.8 Å². The molecule has 5 nitrogen and oxygen atoms in total. The monoisotopic (exact) mass is 418 g/mol. The molecular weight excluding hydrogens is 384 g/mol. The second kappa shape index (κ2) is 7.79. The first kappa shape index (κ1) is 22.9. The predicted octanol–water partition coefficient (Wildman–Crippen LogP) is 3.86. The van der Waals surface area contributed by atoms with Crippen LogP contribution in [-0.2, 0) is 23.9 Å². The fourth-order valence-electron chi connectivity index (χ4n) is 4.27. The van der Waals surface area contributed by atoms with E-state index >= 15 is 0 Å². The molecule has 0 aromatic rings. The van der Waals surface area contributed by atoms with Gasteiger partial charge in [0.15, 0.2) is 11.6 Å². The number of hydrogen-bond donors (Lipinski definition) is 0. The van der Waals surface area contributed by atoms with Crippen LogP contribution in [0.3, 0.4) is 0 Å². The Balaban J connectivity index is 0.000000451. The number of hydrogen-bond acceptors (Lipinski definition) is 6. The van der Waals surface area contributed by atoms with E-state index in [9.17, 15) is 18.0 Å². The number of carbonyl (C=O) groups is 2. The molecule has 156 valence electrons. The Bertz CT molecular complexity index is 678. The van der Waals surface area contributed by atoms with Crippen molar-refractivity contribution >= 4 is 33.4 Å². The molecule has 2 bridgehead atoms. The molecule has 0 aromatic carbocycles. The summed E-state index contributed by atoms with van der Waals surface area (Å²) in [4.78, 5) is 24.5. The van der Waals surface area contributed by atoms with Gasteiger partial charge in [-0.1, -0.05) is 41.5 Å². The van der Waals surface area contributed by atoms with Crippen LogP contribution in [0.5, 0.6) is 0 Å². The average molecular weight is 419 g/mol. The lowest BCUT2D eigenvalue weighted by Crippen LogP contribution is -2.41. The quantitative estimate of drug-likeness (QED) is 0.645. The number of ketones is 2. The lowest BCUT2D eigenvalue weighted by molar-refractivity contribution is -0.129. The minimum atomic E-state index is -4.07. The molecule has 0 spiro atoms. The molecule has 0 amide bonds. The molecule has 3 unspecified atom stereocenters. The van der Waals surface area contributed by atoms with Crippen molar-refractivity contribution in [3.05, 3.63) is 0 Å². The highest BCUT2D eigenvalue weighted by Gasteiger charge is 2.69. The molecule has 0 N–H and O–H groups in total. The smallest absolute Gasteiger partial charge is 0.278 e. The van der Waals surface area contributed by atoms with E-state index in [1.54, 1.807) is 20.8 Å². The maximum absolute atomic E-state index is 12.6. The summed E-state index contributed by atoms with van der Waals surface area (Å²) >= 11 is 2.07. The van der Waals surface area contributed by atoms with Crippen LogP contribution >= 0.6 is 11.8 Å². The standard InChI is InChI=1S/C16H26O5S.C4H8S/c1-14(2,3)11(17)9-21-22(19,20)12-10-7-8-16(6,13(12)18)15(10,4)5;1-2-4-5-3-1/h10,12H,7-9H2,1-6H3;1-4H2. The summed E-state index contributed by atoms with van der Waals surface area (Å²) in [6.07, 6.45) is 4.35. The van der Waals surface area contributed by atoms with E-state index in [2.05, 4.69) is 11.8 Å². The Morgan fingerprint density at radius 3 is 2.11 bits per heavy atom. The second-order valence-corrected chi connectivity index (χ2v) is 12.7. The summed E-state index contributed by atoms with van der Waals surface area (Å²) in [5, 5.41) is -1.13. The van der Waals surface area contributed by atoms with Crippen LogP contribution < -0.4 is 0 Å². The van der Waals surface area contributed by atoms with Crippen molar-refractivity contribution in [2.75, 3.05) is 18.1 Å². The zero-order valence-corrected chi connectivity index (χ0v) is 19.1. The first-order chi connectivity index (χ1) is 12.2. The topological polar surface area (TPSA) is 77.5 Å². The van der Waals surface area contributed by atoms with Crippen LogP contribution in [0.25, 0.3) is 0 Å². The fourth-order valence-corrected chi connectivity index (χ4v) is 7.11. The van der Waals surface area contributed by atoms with Gasteiger partial charge in [-0.15, -0.1) is 0 Å². The van der Waals surface area contributed by atoms with Gasteiger partial charge in [0.05, 0.1) is 0 Å². The first-order valence-electron chi connectivity index (χ1n) is 9.79. The molecule has 0 radical (unpaired) electrons. The van der Waals surface area contributed by atoms with Gasteiger partial charge in [0.2, 0.25) is 0 Å². The number of carbonyl (C=O) groups excluding carboxylic acids is 2. The lowest BCUT2D eigenvalue weighted by Gasteiger charge is -2.32. The second-order valence-electron chi connectivity index (χ2n) is 9.73. The maximum atomic E-state index is 12.6. The molecule has 2 aliphatic carbocycles. The zero-order chi connectivity index (χ0) is 20.7. The van der Waals surface area contributed by atoms with Gasteiger partial charge in [0, 0.05) is 10.8 Å². The molecule has 3 aliphatic rings. The van der Waals surface area contributed by atoms with E-state index in [-0.39, 0.29) is 22.9 Å². The highest BCUT2D eigenvalue weighted by molar-refractivity contribution is 7.99. The minimum absolute atomic E-state index is 0.236. The molecular formula is C20H34O5S2. The van der Waals surface area contributed by atoms with Crippen molar-refractivity contribution in [1.82, 2.24) is 0 Å². The number of Topliss-reactive ketones (excluding diaryl/α,β-unsaturated/α-hetero) is 2. The van der Waals surface area contributed by atoms with Gasteiger partial charge in [-0.25, -0.2) is 0 Å². The van der Waals surface area contributed by atoms with Crippen molar-refractivity contribution in [2.45, 2.75) is 72.5 Å². The Morgan fingerprint density at radius 1 is 1.19 bits per heavy atom. The Hall–Kier alpha value is -0.400. The highest BCUT2D eigenvalue weighted by Crippen LogP contribution is 2.65. The molecule has 2 saturated carbocycles. The third kappa shape index (κ3) is 4.30. The lowest BCUT2D eigenvalue weighted by atomic mass is 9.70. The summed E-state index contributed by atoms with van der Waals surface area (Å²) in [6, 6.07) is 0. The molecule has 3 atom stereocenters. The van der Waals surface area contributed by atoms with E-state index in [0.29, 0.717) is 6.42 Å². The molecule has 0 aromatic heterocycles. The van der Waals surface area contributed by atoms with E-state index < -0.39 is 32.8 Å². The Kier molecular flexibility index (Phi) is 6.60. The van der Waals surface area contributed by atoms with Gasteiger partial charge in [-0.05, 0) is 48.5 Å². The summed E-state index contributed by atoms with van der Waals surface area (Å²) in [5.41, 5.74) is -1.65. The number of rotatable bonds is 4. The van der Waals surface area contributed by atoms with Crippen molar-refractivity contribution in [3.63, 3.8) is 0 Å². The summed E-state index contributed by atoms with van der Waals surface area (Å²) in [6.45, 7) is 10.4. The number of fused-ring (bicyclic) bond motifs is 2. The van der Waals surface area contributed by atoms with Gasteiger partial charge in [0.25, 0.3) is 10.1 Å². The minimum Gasteiger partial charge on any atom is -0.297 e. The SMILES string of the molecule is C1CCSC1.CC(C)(C)C(=O)COS(=O)(=O)C1C(=O)C2(C)CCC1C2(C)C. The molecule has 3 rings (SSSR count). The molecule has 1 aliphatic heterocycles. The molecule has 7 heteroatoms. The zero-order valence-electron chi connectivity index (χ0n) is 17.5. The normalized spacial score (nSPS) is 32.3. The summed E-state index contributed by atoms with van der Waals surface area (Å²) in [5.74, 6) is 2.05. The molecule has 1 saturated heterocycles. The van der Waals surface area contributed by atoms with Gasteiger partial charge < -0.3 is 0 Å². The maximum Gasteiger partial charge on any atom is 0.278 e. The Morgan fingerprint density at radius 2 is 1.74 bits per heavy atom. The third-order valence-electron chi connectivity index (χ3n) is 6.80.